The maximum Gasteiger partial charge on any atom is 0.0413 e. The molecule has 3 heteroatoms. The van der Waals surface area contributed by atoms with Gasteiger partial charge in [0.25, 0.3) is 0 Å². The Morgan fingerprint density at radius 1 is 1.15 bits per heavy atom. The minimum absolute atomic E-state index is 0.469. The van der Waals surface area contributed by atoms with Crippen LogP contribution in [0.3, 0.4) is 0 Å². The second-order valence-corrected chi connectivity index (χ2v) is 6.18. The van der Waals surface area contributed by atoms with E-state index in [0.717, 1.165) is 19.6 Å². The fourth-order valence-corrected chi connectivity index (χ4v) is 3.05. The van der Waals surface area contributed by atoms with Crippen LogP contribution < -0.4 is 5.32 Å². The first-order valence-electron chi connectivity index (χ1n) is 7.23. The van der Waals surface area contributed by atoms with Crippen LogP contribution in [0.2, 0.25) is 0 Å². The Kier molecular flexibility index (Phi) is 5.77. The first-order chi connectivity index (χ1) is 9.70. The second kappa shape index (κ2) is 7.58. The molecule has 0 bridgehead atoms. The van der Waals surface area contributed by atoms with Crippen LogP contribution in [0, 0.1) is 0 Å². The van der Waals surface area contributed by atoms with Gasteiger partial charge >= 0.3 is 0 Å². The van der Waals surface area contributed by atoms with E-state index in [1.807, 2.05) is 11.3 Å². The van der Waals surface area contributed by atoms with E-state index in [2.05, 4.69) is 72.9 Å². The minimum atomic E-state index is 0.469. The summed E-state index contributed by atoms with van der Waals surface area (Å²) in [4.78, 5) is 3.82. The molecule has 108 valence electrons. The molecule has 0 fully saturated rings. The number of hydrogen-bond donors (Lipinski definition) is 1. The molecular weight excluding hydrogens is 264 g/mol. The first kappa shape index (κ1) is 15.2. The zero-order chi connectivity index (χ0) is 14.4. The zero-order valence-corrected chi connectivity index (χ0v) is 13.4. The van der Waals surface area contributed by atoms with E-state index in [4.69, 9.17) is 0 Å². The average molecular weight is 288 g/mol. The summed E-state index contributed by atoms with van der Waals surface area (Å²) in [6.45, 7) is 7.36. The number of hydrogen-bond acceptors (Lipinski definition) is 3. The molecule has 1 unspecified atom stereocenters. The summed E-state index contributed by atoms with van der Waals surface area (Å²) in [6.07, 6.45) is 0. The molecule has 1 aromatic carbocycles. The van der Waals surface area contributed by atoms with Gasteiger partial charge in [0.2, 0.25) is 0 Å². The SMILES string of the molecule is CCNCc1ccc(CN(C)C(C)c2cccs2)cc1. The van der Waals surface area contributed by atoms with Gasteiger partial charge in [-0.25, -0.2) is 0 Å². The molecule has 0 spiro atoms. The summed E-state index contributed by atoms with van der Waals surface area (Å²) < 4.78 is 0. The number of nitrogens with zero attached hydrogens (tertiary/aromatic N) is 1. The molecule has 0 saturated heterocycles. The smallest absolute Gasteiger partial charge is 0.0413 e. The summed E-state index contributed by atoms with van der Waals surface area (Å²) in [6, 6.07) is 13.7. The first-order valence-corrected chi connectivity index (χ1v) is 8.11. The van der Waals surface area contributed by atoms with Gasteiger partial charge in [0.15, 0.2) is 0 Å². The maximum absolute atomic E-state index is 3.35. The Hall–Kier alpha value is -1.16. The summed E-state index contributed by atoms with van der Waals surface area (Å²) in [5.74, 6) is 0. The third kappa shape index (κ3) is 4.17. The van der Waals surface area contributed by atoms with E-state index < -0.39 is 0 Å². The molecule has 1 aromatic heterocycles. The third-order valence-corrected chi connectivity index (χ3v) is 4.69. The van der Waals surface area contributed by atoms with E-state index in [-0.39, 0.29) is 0 Å². The predicted octanol–water partition coefficient (Wildman–Crippen LogP) is 4.05. The second-order valence-electron chi connectivity index (χ2n) is 5.20. The molecule has 20 heavy (non-hydrogen) atoms. The molecule has 0 radical (unpaired) electrons. The molecule has 2 aromatic rings. The largest absolute Gasteiger partial charge is 0.313 e. The lowest BCUT2D eigenvalue weighted by molar-refractivity contribution is 0.256. The topological polar surface area (TPSA) is 15.3 Å². The van der Waals surface area contributed by atoms with Gasteiger partial charge < -0.3 is 5.32 Å². The van der Waals surface area contributed by atoms with Crippen LogP contribution in [-0.2, 0) is 13.1 Å². The van der Waals surface area contributed by atoms with Crippen molar-refractivity contribution in [2.45, 2.75) is 33.0 Å². The predicted molar refractivity (Wildman–Crippen MR) is 88.0 cm³/mol. The maximum atomic E-state index is 3.35. The lowest BCUT2D eigenvalue weighted by atomic mass is 10.1. The van der Waals surface area contributed by atoms with Gasteiger partial charge in [-0.1, -0.05) is 37.3 Å². The van der Waals surface area contributed by atoms with E-state index in [1.165, 1.54) is 16.0 Å². The van der Waals surface area contributed by atoms with Gasteiger partial charge in [0, 0.05) is 24.0 Å². The summed E-state index contributed by atoms with van der Waals surface area (Å²) in [5, 5.41) is 5.50. The fraction of sp³-hybridized carbons (Fsp3) is 0.412. The highest BCUT2D eigenvalue weighted by atomic mass is 32.1. The standard InChI is InChI=1S/C17H24N2S/c1-4-18-12-15-7-9-16(10-8-15)13-19(3)14(2)17-6-5-11-20-17/h5-11,14,18H,4,12-13H2,1-3H3. The monoisotopic (exact) mass is 288 g/mol. The number of nitrogens with one attached hydrogen (secondary N) is 1. The normalized spacial score (nSPS) is 12.8. The van der Waals surface area contributed by atoms with E-state index in [0.29, 0.717) is 6.04 Å². The molecule has 1 heterocycles. The van der Waals surface area contributed by atoms with Gasteiger partial charge in [0.1, 0.15) is 0 Å². The van der Waals surface area contributed by atoms with Crippen LogP contribution in [0.15, 0.2) is 41.8 Å². The van der Waals surface area contributed by atoms with Crippen molar-refractivity contribution in [1.82, 2.24) is 10.2 Å². The number of rotatable bonds is 7. The molecule has 1 atom stereocenters. The van der Waals surface area contributed by atoms with Crippen LogP contribution in [0.1, 0.15) is 35.9 Å². The van der Waals surface area contributed by atoms with E-state index in [1.54, 1.807) is 0 Å². The third-order valence-electron chi connectivity index (χ3n) is 3.65. The van der Waals surface area contributed by atoms with Crippen molar-refractivity contribution in [2.24, 2.45) is 0 Å². The molecule has 0 aliphatic carbocycles. The van der Waals surface area contributed by atoms with Crippen molar-refractivity contribution in [3.63, 3.8) is 0 Å². The molecule has 2 nitrogen and oxygen atoms in total. The fourth-order valence-electron chi connectivity index (χ4n) is 2.20. The summed E-state index contributed by atoms with van der Waals surface area (Å²) in [7, 11) is 2.19. The quantitative estimate of drug-likeness (QED) is 0.827. The van der Waals surface area contributed by atoms with Gasteiger partial charge in [0.05, 0.1) is 0 Å². The van der Waals surface area contributed by atoms with E-state index in [9.17, 15) is 0 Å². The molecule has 0 saturated carbocycles. The Bertz CT molecular complexity index is 490. The number of thiophene rings is 1. The Balaban J connectivity index is 1.92. The van der Waals surface area contributed by atoms with Gasteiger partial charge in [-0.2, -0.15) is 0 Å². The Morgan fingerprint density at radius 3 is 2.45 bits per heavy atom. The van der Waals surface area contributed by atoms with Crippen LogP contribution >= 0.6 is 11.3 Å². The molecule has 0 aliphatic rings. The van der Waals surface area contributed by atoms with Gasteiger partial charge in [-0.05, 0) is 43.1 Å². The molecule has 0 aliphatic heterocycles. The molecular formula is C17H24N2S. The van der Waals surface area contributed by atoms with Crippen LogP contribution in [0.4, 0.5) is 0 Å². The lowest BCUT2D eigenvalue weighted by Crippen LogP contribution is -2.21. The zero-order valence-electron chi connectivity index (χ0n) is 12.6. The highest BCUT2D eigenvalue weighted by molar-refractivity contribution is 7.10. The van der Waals surface area contributed by atoms with Gasteiger partial charge in [-0.15, -0.1) is 11.3 Å². The van der Waals surface area contributed by atoms with Crippen molar-refractivity contribution < 1.29 is 0 Å². The van der Waals surface area contributed by atoms with Crippen molar-refractivity contribution in [1.29, 1.82) is 0 Å². The summed E-state index contributed by atoms with van der Waals surface area (Å²) in [5.41, 5.74) is 2.72. The lowest BCUT2D eigenvalue weighted by Gasteiger charge is -2.24. The molecule has 0 amide bonds. The van der Waals surface area contributed by atoms with Gasteiger partial charge in [-0.3, -0.25) is 4.90 Å². The highest BCUT2D eigenvalue weighted by Gasteiger charge is 2.12. The van der Waals surface area contributed by atoms with Crippen molar-refractivity contribution in [3.05, 3.63) is 57.8 Å². The molecule has 1 N–H and O–H groups in total. The van der Waals surface area contributed by atoms with Crippen molar-refractivity contribution in [2.75, 3.05) is 13.6 Å². The van der Waals surface area contributed by atoms with Crippen LogP contribution in [0.5, 0.6) is 0 Å². The number of benzene rings is 1. The minimum Gasteiger partial charge on any atom is -0.313 e. The van der Waals surface area contributed by atoms with Crippen molar-refractivity contribution >= 4 is 11.3 Å². The average Bonchev–Trinajstić information content (AvgIpc) is 3.00. The van der Waals surface area contributed by atoms with Crippen LogP contribution in [-0.4, -0.2) is 18.5 Å². The Labute approximate surface area is 126 Å². The highest BCUT2D eigenvalue weighted by Crippen LogP contribution is 2.24. The van der Waals surface area contributed by atoms with Crippen molar-refractivity contribution in [3.8, 4) is 0 Å². The molecule has 2 rings (SSSR count). The summed E-state index contributed by atoms with van der Waals surface area (Å²) >= 11 is 1.83. The van der Waals surface area contributed by atoms with E-state index >= 15 is 0 Å². The van der Waals surface area contributed by atoms with Crippen LogP contribution in [0.25, 0.3) is 0 Å². The Morgan fingerprint density at radius 2 is 1.85 bits per heavy atom.